The molecular formula is C29H27ClN2O6. The summed E-state index contributed by atoms with van der Waals surface area (Å²) in [7, 11) is 1.52. The SMILES string of the molecule is CCCOc1ccc(CN2C(=O)NC(=O)/C(=C\c3ccc(OCc4ccccc4Cl)cc3)C2=O)cc1OC. The van der Waals surface area contributed by atoms with E-state index in [0.29, 0.717) is 46.6 Å². The summed E-state index contributed by atoms with van der Waals surface area (Å²) in [6, 6.07) is 18.7. The number of halogens is 1. The molecule has 0 spiro atoms. The number of barbiturate groups is 1. The lowest BCUT2D eigenvalue weighted by atomic mass is 10.1. The van der Waals surface area contributed by atoms with Crippen LogP contribution in [0.25, 0.3) is 6.08 Å². The van der Waals surface area contributed by atoms with Crippen LogP contribution in [0.2, 0.25) is 5.02 Å². The zero-order chi connectivity index (χ0) is 27.1. The molecule has 0 aliphatic carbocycles. The summed E-state index contributed by atoms with van der Waals surface area (Å²) in [5.74, 6) is 0.218. The van der Waals surface area contributed by atoms with Gasteiger partial charge in [0.2, 0.25) is 0 Å². The Balaban J connectivity index is 1.47. The molecule has 1 fully saturated rings. The molecule has 4 amide bonds. The van der Waals surface area contributed by atoms with Gasteiger partial charge in [0.25, 0.3) is 11.8 Å². The number of imide groups is 2. The number of ether oxygens (including phenoxy) is 3. The van der Waals surface area contributed by atoms with Crippen molar-refractivity contribution in [1.82, 2.24) is 10.2 Å². The van der Waals surface area contributed by atoms with E-state index < -0.39 is 17.8 Å². The van der Waals surface area contributed by atoms with E-state index in [0.717, 1.165) is 16.9 Å². The standard InChI is InChI=1S/C29H27ClN2O6/c1-3-14-37-25-13-10-20(16-26(25)36-2)17-32-28(34)23(27(33)31-29(32)35)15-19-8-11-22(12-9-19)38-18-21-6-4-5-7-24(21)30/h4-13,15-16H,3,14,17-18H2,1-2H3,(H,31,33,35)/b23-15+. The molecular weight excluding hydrogens is 508 g/mol. The van der Waals surface area contributed by atoms with Crippen molar-refractivity contribution >= 4 is 35.5 Å². The fourth-order valence-electron chi connectivity index (χ4n) is 3.77. The van der Waals surface area contributed by atoms with Crippen molar-refractivity contribution in [2.45, 2.75) is 26.5 Å². The van der Waals surface area contributed by atoms with Crippen LogP contribution in [-0.2, 0) is 22.7 Å². The maximum absolute atomic E-state index is 13.2. The monoisotopic (exact) mass is 534 g/mol. The Morgan fingerprint density at radius 3 is 2.42 bits per heavy atom. The Hall–Kier alpha value is -4.30. The molecule has 1 aliphatic heterocycles. The van der Waals surface area contributed by atoms with Gasteiger partial charge in [0, 0.05) is 10.6 Å². The van der Waals surface area contributed by atoms with Crippen LogP contribution in [0.1, 0.15) is 30.0 Å². The second-order valence-electron chi connectivity index (χ2n) is 8.49. The minimum atomic E-state index is -0.786. The minimum Gasteiger partial charge on any atom is -0.493 e. The lowest BCUT2D eigenvalue weighted by Gasteiger charge is -2.26. The maximum Gasteiger partial charge on any atom is 0.331 e. The predicted octanol–water partition coefficient (Wildman–Crippen LogP) is 5.38. The number of nitrogens with one attached hydrogen (secondary N) is 1. The first kappa shape index (κ1) is 26.8. The first-order valence-electron chi connectivity index (χ1n) is 12.0. The van der Waals surface area contributed by atoms with Crippen LogP contribution in [0.15, 0.2) is 72.3 Å². The molecule has 3 aromatic rings. The van der Waals surface area contributed by atoms with Crippen LogP contribution >= 0.6 is 11.6 Å². The van der Waals surface area contributed by atoms with E-state index in [1.807, 2.05) is 25.1 Å². The van der Waals surface area contributed by atoms with Gasteiger partial charge in [-0.05, 0) is 54.0 Å². The molecule has 0 saturated carbocycles. The van der Waals surface area contributed by atoms with Gasteiger partial charge < -0.3 is 14.2 Å². The Labute approximate surface area is 225 Å². The molecule has 196 valence electrons. The van der Waals surface area contributed by atoms with Gasteiger partial charge in [0.05, 0.1) is 20.3 Å². The summed E-state index contributed by atoms with van der Waals surface area (Å²) < 4.78 is 16.8. The number of rotatable bonds is 10. The summed E-state index contributed by atoms with van der Waals surface area (Å²) in [6.07, 6.45) is 2.28. The number of benzene rings is 3. The number of carbonyl (C=O) groups is 3. The second-order valence-corrected chi connectivity index (χ2v) is 8.90. The van der Waals surface area contributed by atoms with Crippen LogP contribution in [0, 0.1) is 0 Å². The van der Waals surface area contributed by atoms with Crippen LogP contribution in [0.5, 0.6) is 17.2 Å². The summed E-state index contributed by atoms with van der Waals surface area (Å²) in [5, 5.41) is 2.86. The van der Waals surface area contributed by atoms with Crippen LogP contribution in [0.4, 0.5) is 4.79 Å². The molecule has 8 nitrogen and oxygen atoms in total. The summed E-state index contributed by atoms with van der Waals surface area (Å²) in [5.41, 5.74) is 1.95. The summed E-state index contributed by atoms with van der Waals surface area (Å²) >= 11 is 6.17. The Morgan fingerprint density at radius 2 is 1.71 bits per heavy atom. The number of urea groups is 1. The second kappa shape index (κ2) is 12.3. The van der Waals surface area contributed by atoms with Gasteiger partial charge in [-0.2, -0.15) is 0 Å². The molecule has 1 heterocycles. The smallest absolute Gasteiger partial charge is 0.331 e. The van der Waals surface area contributed by atoms with E-state index in [9.17, 15) is 14.4 Å². The molecule has 0 unspecified atom stereocenters. The largest absolute Gasteiger partial charge is 0.493 e. The molecule has 3 aromatic carbocycles. The van der Waals surface area contributed by atoms with E-state index in [2.05, 4.69) is 5.32 Å². The lowest BCUT2D eigenvalue weighted by molar-refractivity contribution is -0.130. The first-order chi connectivity index (χ1) is 18.4. The number of hydrogen-bond acceptors (Lipinski definition) is 6. The molecule has 0 aromatic heterocycles. The molecule has 0 bridgehead atoms. The number of amides is 4. The highest BCUT2D eigenvalue weighted by Gasteiger charge is 2.35. The zero-order valence-corrected chi connectivity index (χ0v) is 21.8. The van der Waals surface area contributed by atoms with Crippen LogP contribution in [-0.4, -0.2) is 36.5 Å². The highest BCUT2D eigenvalue weighted by Crippen LogP contribution is 2.29. The Bertz CT molecular complexity index is 1370. The van der Waals surface area contributed by atoms with Gasteiger partial charge >= 0.3 is 6.03 Å². The molecule has 1 saturated heterocycles. The van der Waals surface area contributed by atoms with Crippen molar-refractivity contribution in [2.24, 2.45) is 0 Å². The van der Waals surface area contributed by atoms with Crippen molar-refractivity contribution < 1.29 is 28.6 Å². The third kappa shape index (κ3) is 6.33. The Kier molecular flexibility index (Phi) is 8.66. The maximum atomic E-state index is 13.2. The van der Waals surface area contributed by atoms with Crippen molar-refractivity contribution in [3.8, 4) is 17.2 Å². The van der Waals surface area contributed by atoms with Gasteiger partial charge in [0.15, 0.2) is 11.5 Å². The number of nitrogens with zero attached hydrogens (tertiary/aromatic N) is 1. The highest BCUT2D eigenvalue weighted by atomic mass is 35.5. The van der Waals surface area contributed by atoms with E-state index in [4.69, 9.17) is 25.8 Å². The molecule has 9 heteroatoms. The number of methoxy groups -OCH3 is 1. The fourth-order valence-corrected chi connectivity index (χ4v) is 3.96. The molecule has 1 aliphatic rings. The number of hydrogen-bond donors (Lipinski definition) is 1. The molecule has 38 heavy (non-hydrogen) atoms. The van der Waals surface area contributed by atoms with Gasteiger partial charge in [-0.15, -0.1) is 0 Å². The molecule has 4 rings (SSSR count). The van der Waals surface area contributed by atoms with E-state index in [1.165, 1.54) is 13.2 Å². The van der Waals surface area contributed by atoms with Crippen molar-refractivity contribution in [3.63, 3.8) is 0 Å². The van der Waals surface area contributed by atoms with Crippen LogP contribution in [0.3, 0.4) is 0 Å². The van der Waals surface area contributed by atoms with Gasteiger partial charge in [-0.25, -0.2) is 4.79 Å². The normalized spacial score (nSPS) is 14.4. The van der Waals surface area contributed by atoms with Gasteiger partial charge in [-0.1, -0.05) is 54.9 Å². The van der Waals surface area contributed by atoms with E-state index >= 15 is 0 Å². The van der Waals surface area contributed by atoms with E-state index in [1.54, 1.807) is 48.5 Å². The Morgan fingerprint density at radius 1 is 0.947 bits per heavy atom. The summed E-state index contributed by atoms with van der Waals surface area (Å²) in [4.78, 5) is 39.1. The molecule has 0 radical (unpaired) electrons. The third-order valence-corrected chi connectivity index (χ3v) is 6.13. The third-order valence-electron chi connectivity index (χ3n) is 5.76. The van der Waals surface area contributed by atoms with Crippen molar-refractivity contribution in [3.05, 3.63) is 94.0 Å². The van der Waals surface area contributed by atoms with Gasteiger partial charge in [0.1, 0.15) is 17.9 Å². The van der Waals surface area contributed by atoms with E-state index in [-0.39, 0.29) is 12.1 Å². The predicted molar refractivity (Wildman–Crippen MR) is 143 cm³/mol. The summed E-state index contributed by atoms with van der Waals surface area (Å²) in [6.45, 7) is 2.79. The fraction of sp³-hybridized carbons (Fsp3) is 0.207. The van der Waals surface area contributed by atoms with Crippen molar-refractivity contribution in [2.75, 3.05) is 13.7 Å². The average molecular weight is 535 g/mol. The molecule has 0 atom stereocenters. The highest BCUT2D eigenvalue weighted by molar-refractivity contribution is 6.31. The minimum absolute atomic E-state index is 0.0471. The lowest BCUT2D eigenvalue weighted by Crippen LogP contribution is -2.53. The average Bonchev–Trinajstić information content (AvgIpc) is 2.92. The van der Waals surface area contributed by atoms with Gasteiger partial charge in [-0.3, -0.25) is 19.8 Å². The van der Waals surface area contributed by atoms with Crippen LogP contribution < -0.4 is 19.5 Å². The molecule has 1 N–H and O–H groups in total. The quantitative estimate of drug-likeness (QED) is 0.277. The number of carbonyl (C=O) groups excluding carboxylic acids is 3. The van der Waals surface area contributed by atoms with Crippen molar-refractivity contribution in [1.29, 1.82) is 0 Å². The first-order valence-corrected chi connectivity index (χ1v) is 12.4. The zero-order valence-electron chi connectivity index (χ0n) is 21.0. The topological polar surface area (TPSA) is 94.2 Å².